The number of nitrogens with one attached hydrogen (secondary N) is 1. The standard InChI is InChI=1S/C20H23N3O4/c1-14-11-16(27-13-19(21)24)7-8-17(14)22-20(25)23-9-10-26-18(12-23)15-5-3-2-4-6-15/h2-8,11,18H,9-10,12-13H2,1H3,(H2,21,24)(H,22,25)/t18-/m0/s1. The molecule has 7 nitrogen and oxygen atoms in total. The van der Waals surface area contributed by atoms with Gasteiger partial charge in [0.25, 0.3) is 5.91 Å². The number of nitrogens with zero attached hydrogens (tertiary/aromatic N) is 1. The van der Waals surface area contributed by atoms with Gasteiger partial charge < -0.3 is 25.4 Å². The minimum Gasteiger partial charge on any atom is -0.484 e. The normalized spacial score (nSPS) is 16.6. The van der Waals surface area contributed by atoms with Crippen LogP contribution >= 0.6 is 0 Å². The Morgan fingerprint density at radius 3 is 2.74 bits per heavy atom. The van der Waals surface area contributed by atoms with Gasteiger partial charge in [-0.15, -0.1) is 0 Å². The number of hydrogen-bond donors (Lipinski definition) is 2. The predicted octanol–water partition coefficient (Wildman–Crippen LogP) is 2.46. The molecular formula is C20H23N3O4. The van der Waals surface area contributed by atoms with Crippen LogP contribution in [0.3, 0.4) is 0 Å². The molecule has 1 fully saturated rings. The van der Waals surface area contributed by atoms with Gasteiger partial charge >= 0.3 is 6.03 Å². The first-order chi connectivity index (χ1) is 13.0. The number of carbonyl (C=O) groups is 2. The zero-order chi connectivity index (χ0) is 19.2. The number of anilines is 1. The van der Waals surface area contributed by atoms with Gasteiger partial charge in [-0.3, -0.25) is 4.79 Å². The van der Waals surface area contributed by atoms with Crippen LogP contribution in [0.15, 0.2) is 48.5 Å². The summed E-state index contributed by atoms with van der Waals surface area (Å²) in [5, 5.41) is 2.93. The third kappa shape index (κ3) is 4.98. The first-order valence-corrected chi connectivity index (χ1v) is 8.77. The summed E-state index contributed by atoms with van der Waals surface area (Å²) in [5.74, 6) is -0.00914. The zero-order valence-corrected chi connectivity index (χ0v) is 15.2. The van der Waals surface area contributed by atoms with Crippen molar-refractivity contribution in [2.75, 3.05) is 31.6 Å². The molecule has 1 aliphatic heterocycles. The predicted molar refractivity (Wildman–Crippen MR) is 102 cm³/mol. The number of primary amides is 1. The van der Waals surface area contributed by atoms with Crippen molar-refractivity contribution in [2.45, 2.75) is 13.0 Å². The summed E-state index contributed by atoms with van der Waals surface area (Å²) in [6.07, 6.45) is -0.128. The second-order valence-corrected chi connectivity index (χ2v) is 6.38. The molecule has 27 heavy (non-hydrogen) atoms. The maximum absolute atomic E-state index is 12.7. The summed E-state index contributed by atoms with van der Waals surface area (Å²) >= 11 is 0. The molecule has 1 atom stereocenters. The van der Waals surface area contributed by atoms with Gasteiger partial charge in [-0.1, -0.05) is 30.3 Å². The van der Waals surface area contributed by atoms with Crippen LogP contribution in [0, 0.1) is 6.92 Å². The average molecular weight is 369 g/mol. The Morgan fingerprint density at radius 1 is 1.26 bits per heavy atom. The molecule has 0 saturated carbocycles. The van der Waals surface area contributed by atoms with Gasteiger partial charge in [0.1, 0.15) is 11.9 Å². The lowest BCUT2D eigenvalue weighted by molar-refractivity contribution is -0.119. The van der Waals surface area contributed by atoms with E-state index in [1.54, 1.807) is 23.1 Å². The lowest BCUT2D eigenvalue weighted by Gasteiger charge is -2.33. The molecule has 2 aromatic carbocycles. The number of aryl methyl sites for hydroxylation is 1. The molecule has 7 heteroatoms. The van der Waals surface area contributed by atoms with Crippen LogP contribution in [0.1, 0.15) is 17.2 Å². The third-order valence-corrected chi connectivity index (χ3v) is 4.35. The monoisotopic (exact) mass is 369 g/mol. The molecule has 2 aromatic rings. The summed E-state index contributed by atoms with van der Waals surface area (Å²) in [7, 11) is 0. The van der Waals surface area contributed by atoms with Crippen molar-refractivity contribution in [2.24, 2.45) is 5.73 Å². The molecule has 1 aliphatic rings. The van der Waals surface area contributed by atoms with Gasteiger partial charge in [0, 0.05) is 12.2 Å². The van der Waals surface area contributed by atoms with Crippen molar-refractivity contribution in [3.05, 3.63) is 59.7 Å². The number of hydrogen-bond acceptors (Lipinski definition) is 4. The first-order valence-electron chi connectivity index (χ1n) is 8.77. The van der Waals surface area contributed by atoms with Crippen LogP contribution in [0.4, 0.5) is 10.5 Å². The Hall–Kier alpha value is -3.06. The van der Waals surface area contributed by atoms with Gasteiger partial charge in [0.05, 0.1) is 13.2 Å². The van der Waals surface area contributed by atoms with E-state index in [9.17, 15) is 9.59 Å². The number of morpholine rings is 1. The van der Waals surface area contributed by atoms with E-state index in [0.717, 1.165) is 11.1 Å². The van der Waals surface area contributed by atoms with Crippen molar-refractivity contribution in [3.63, 3.8) is 0 Å². The fourth-order valence-electron chi connectivity index (χ4n) is 2.92. The Bertz CT molecular complexity index is 810. The van der Waals surface area contributed by atoms with Gasteiger partial charge in [-0.05, 0) is 36.2 Å². The Kier molecular flexibility index (Phi) is 5.93. The van der Waals surface area contributed by atoms with E-state index in [4.69, 9.17) is 15.2 Å². The second kappa shape index (κ2) is 8.55. The molecule has 0 aliphatic carbocycles. The number of benzene rings is 2. The molecule has 3 amide bonds. The molecule has 1 heterocycles. The highest BCUT2D eigenvalue weighted by molar-refractivity contribution is 5.90. The van der Waals surface area contributed by atoms with Gasteiger partial charge in [-0.2, -0.15) is 0 Å². The van der Waals surface area contributed by atoms with Crippen molar-refractivity contribution < 1.29 is 19.1 Å². The van der Waals surface area contributed by atoms with Crippen LogP contribution < -0.4 is 15.8 Å². The Labute approximate surface area is 158 Å². The minimum atomic E-state index is -0.537. The van der Waals surface area contributed by atoms with E-state index in [1.807, 2.05) is 37.3 Å². The van der Waals surface area contributed by atoms with E-state index in [2.05, 4.69) is 5.32 Å². The van der Waals surface area contributed by atoms with E-state index < -0.39 is 5.91 Å². The molecule has 0 spiro atoms. The quantitative estimate of drug-likeness (QED) is 0.847. The summed E-state index contributed by atoms with van der Waals surface area (Å²) < 4.78 is 11.1. The molecule has 0 bridgehead atoms. The van der Waals surface area contributed by atoms with Crippen molar-refractivity contribution in [1.82, 2.24) is 4.90 Å². The van der Waals surface area contributed by atoms with E-state index in [1.165, 1.54) is 0 Å². The topological polar surface area (TPSA) is 93.9 Å². The Balaban J connectivity index is 1.62. The molecule has 0 radical (unpaired) electrons. The maximum Gasteiger partial charge on any atom is 0.322 e. The van der Waals surface area contributed by atoms with Gasteiger partial charge in [0.15, 0.2) is 6.61 Å². The van der Waals surface area contributed by atoms with Crippen LogP contribution in [0.2, 0.25) is 0 Å². The molecule has 3 N–H and O–H groups in total. The van der Waals surface area contributed by atoms with Gasteiger partial charge in [0.2, 0.25) is 0 Å². The summed E-state index contributed by atoms with van der Waals surface area (Å²) in [5.41, 5.74) is 7.65. The lowest BCUT2D eigenvalue weighted by Crippen LogP contribution is -2.44. The SMILES string of the molecule is Cc1cc(OCC(N)=O)ccc1NC(=O)N1CCO[C@H](c2ccccc2)C1. The second-order valence-electron chi connectivity index (χ2n) is 6.38. The molecular weight excluding hydrogens is 346 g/mol. The van der Waals surface area contributed by atoms with Crippen molar-refractivity contribution >= 4 is 17.6 Å². The fraction of sp³-hybridized carbons (Fsp3) is 0.300. The van der Waals surface area contributed by atoms with Crippen LogP contribution in [-0.2, 0) is 9.53 Å². The Morgan fingerprint density at radius 2 is 2.04 bits per heavy atom. The molecule has 1 saturated heterocycles. The lowest BCUT2D eigenvalue weighted by atomic mass is 10.1. The highest BCUT2D eigenvalue weighted by atomic mass is 16.5. The highest BCUT2D eigenvalue weighted by Gasteiger charge is 2.25. The largest absolute Gasteiger partial charge is 0.484 e. The first kappa shape index (κ1) is 18.7. The number of nitrogens with two attached hydrogens (primary N) is 1. The highest BCUT2D eigenvalue weighted by Crippen LogP contribution is 2.24. The smallest absolute Gasteiger partial charge is 0.322 e. The fourth-order valence-corrected chi connectivity index (χ4v) is 2.92. The molecule has 0 aromatic heterocycles. The number of rotatable bonds is 5. The third-order valence-electron chi connectivity index (χ3n) is 4.35. The van der Waals surface area contributed by atoms with Crippen LogP contribution in [-0.4, -0.2) is 43.1 Å². The number of amides is 3. The maximum atomic E-state index is 12.7. The number of ether oxygens (including phenoxy) is 2. The van der Waals surface area contributed by atoms with E-state index in [0.29, 0.717) is 31.1 Å². The average Bonchev–Trinajstić information content (AvgIpc) is 2.69. The van der Waals surface area contributed by atoms with E-state index >= 15 is 0 Å². The van der Waals surface area contributed by atoms with Gasteiger partial charge in [-0.25, -0.2) is 4.79 Å². The van der Waals surface area contributed by atoms with Crippen LogP contribution in [0.25, 0.3) is 0 Å². The van der Waals surface area contributed by atoms with Crippen LogP contribution in [0.5, 0.6) is 5.75 Å². The minimum absolute atomic E-state index is 0.128. The zero-order valence-electron chi connectivity index (χ0n) is 15.2. The number of carbonyl (C=O) groups excluding carboxylic acids is 2. The van der Waals surface area contributed by atoms with Crippen molar-refractivity contribution in [1.29, 1.82) is 0 Å². The van der Waals surface area contributed by atoms with E-state index in [-0.39, 0.29) is 18.7 Å². The summed E-state index contributed by atoms with van der Waals surface area (Å²) in [6, 6.07) is 14.9. The number of urea groups is 1. The molecule has 0 unspecified atom stereocenters. The summed E-state index contributed by atoms with van der Waals surface area (Å²) in [4.78, 5) is 25.2. The molecule has 3 rings (SSSR count). The van der Waals surface area contributed by atoms with Crippen molar-refractivity contribution in [3.8, 4) is 5.75 Å². The molecule has 142 valence electrons. The summed E-state index contributed by atoms with van der Waals surface area (Å²) in [6.45, 7) is 3.20.